The lowest BCUT2D eigenvalue weighted by Gasteiger charge is -2.19. The normalized spacial score (nSPS) is 20.7. The third-order valence-electron chi connectivity index (χ3n) is 3.54. The lowest BCUT2D eigenvalue weighted by atomic mass is 9.99. The highest BCUT2D eigenvalue weighted by Gasteiger charge is 2.24. The van der Waals surface area contributed by atoms with Crippen molar-refractivity contribution in [1.29, 1.82) is 0 Å². The van der Waals surface area contributed by atoms with Crippen LogP contribution in [-0.2, 0) is 4.74 Å². The molecule has 1 aromatic carbocycles. The van der Waals surface area contributed by atoms with Gasteiger partial charge in [-0.05, 0) is 38.0 Å². The molecule has 18 heavy (non-hydrogen) atoms. The van der Waals surface area contributed by atoms with Crippen molar-refractivity contribution in [2.24, 2.45) is 5.92 Å². The van der Waals surface area contributed by atoms with Gasteiger partial charge in [0.2, 0.25) is 0 Å². The summed E-state index contributed by atoms with van der Waals surface area (Å²) in [4.78, 5) is 12.2. The van der Waals surface area contributed by atoms with E-state index in [1.165, 1.54) is 0 Å². The fourth-order valence-corrected chi connectivity index (χ4v) is 2.23. The van der Waals surface area contributed by atoms with Gasteiger partial charge in [0, 0.05) is 29.8 Å². The number of ether oxygens (including phenoxy) is 1. The van der Waals surface area contributed by atoms with Crippen LogP contribution in [0.15, 0.2) is 18.2 Å². The highest BCUT2D eigenvalue weighted by Crippen LogP contribution is 2.18. The minimum absolute atomic E-state index is 0.0563. The second-order valence-corrected chi connectivity index (χ2v) is 4.96. The molecule has 98 valence electrons. The Morgan fingerprint density at radius 1 is 1.56 bits per heavy atom. The number of amides is 1. The fourth-order valence-electron chi connectivity index (χ4n) is 2.23. The molecule has 1 aliphatic rings. The SMILES string of the molecule is Cc1ccc(N)cc1C(=O)NC(C)C1CCOC1. The monoisotopic (exact) mass is 248 g/mol. The van der Waals surface area contributed by atoms with Gasteiger partial charge in [-0.1, -0.05) is 6.07 Å². The van der Waals surface area contributed by atoms with Crippen molar-refractivity contribution in [1.82, 2.24) is 5.32 Å². The molecule has 0 saturated carbocycles. The molecule has 0 aromatic heterocycles. The summed E-state index contributed by atoms with van der Waals surface area (Å²) in [5, 5.41) is 3.03. The number of aryl methyl sites for hydroxylation is 1. The Labute approximate surface area is 108 Å². The molecule has 2 unspecified atom stereocenters. The van der Waals surface area contributed by atoms with Crippen LogP contribution in [0.25, 0.3) is 0 Å². The van der Waals surface area contributed by atoms with Crippen molar-refractivity contribution in [3.05, 3.63) is 29.3 Å². The second-order valence-electron chi connectivity index (χ2n) is 4.96. The van der Waals surface area contributed by atoms with E-state index >= 15 is 0 Å². The average molecular weight is 248 g/mol. The van der Waals surface area contributed by atoms with Gasteiger partial charge in [0.1, 0.15) is 0 Å². The highest BCUT2D eigenvalue weighted by atomic mass is 16.5. The molecular formula is C14H20N2O2. The van der Waals surface area contributed by atoms with Crippen LogP contribution in [0, 0.1) is 12.8 Å². The van der Waals surface area contributed by atoms with Crippen molar-refractivity contribution in [3.8, 4) is 0 Å². The van der Waals surface area contributed by atoms with Crippen LogP contribution in [0.3, 0.4) is 0 Å². The minimum Gasteiger partial charge on any atom is -0.399 e. The van der Waals surface area contributed by atoms with Crippen molar-refractivity contribution in [2.75, 3.05) is 18.9 Å². The molecule has 1 amide bonds. The van der Waals surface area contributed by atoms with E-state index in [0.29, 0.717) is 17.2 Å². The fraction of sp³-hybridized carbons (Fsp3) is 0.500. The largest absolute Gasteiger partial charge is 0.399 e. The van der Waals surface area contributed by atoms with Gasteiger partial charge in [-0.3, -0.25) is 4.79 Å². The van der Waals surface area contributed by atoms with Crippen LogP contribution in [0.1, 0.15) is 29.3 Å². The molecule has 1 aliphatic heterocycles. The van der Waals surface area contributed by atoms with E-state index in [0.717, 1.165) is 25.2 Å². The van der Waals surface area contributed by atoms with Crippen LogP contribution in [-0.4, -0.2) is 25.2 Å². The Hall–Kier alpha value is -1.55. The predicted molar refractivity (Wildman–Crippen MR) is 71.4 cm³/mol. The van der Waals surface area contributed by atoms with Crippen molar-refractivity contribution < 1.29 is 9.53 Å². The maximum Gasteiger partial charge on any atom is 0.251 e. The Morgan fingerprint density at radius 2 is 2.33 bits per heavy atom. The van der Waals surface area contributed by atoms with Gasteiger partial charge in [0.15, 0.2) is 0 Å². The summed E-state index contributed by atoms with van der Waals surface area (Å²) in [6.45, 7) is 5.47. The molecule has 4 nitrogen and oxygen atoms in total. The molecule has 1 aromatic rings. The zero-order chi connectivity index (χ0) is 13.1. The van der Waals surface area contributed by atoms with Gasteiger partial charge in [-0.2, -0.15) is 0 Å². The van der Waals surface area contributed by atoms with Gasteiger partial charge in [-0.15, -0.1) is 0 Å². The van der Waals surface area contributed by atoms with Crippen molar-refractivity contribution in [2.45, 2.75) is 26.3 Å². The Bertz CT molecular complexity index is 439. The number of nitrogens with one attached hydrogen (secondary N) is 1. The van der Waals surface area contributed by atoms with E-state index in [2.05, 4.69) is 5.32 Å². The maximum atomic E-state index is 12.2. The summed E-state index contributed by atoms with van der Waals surface area (Å²) >= 11 is 0. The number of anilines is 1. The molecule has 1 heterocycles. The summed E-state index contributed by atoms with van der Waals surface area (Å²) in [5.74, 6) is 0.356. The van der Waals surface area contributed by atoms with Crippen molar-refractivity contribution in [3.63, 3.8) is 0 Å². The molecule has 1 fully saturated rings. The lowest BCUT2D eigenvalue weighted by Crippen LogP contribution is -2.38. The zero-order valence-corrected chi connectivity index (χ0v) is 10.9. The van der Waals surface area contributed by atoms with E-state index in [4.69, 9.17) is 10.5 Å². The van der Waals surface area contributed by atoms with Crippen molar-refractivity contribution >= 4 is 11.6 Å². The van der Waals surface area contributed by atoms with Gasteiger partial charge < -0.3 is 15.8 Å². The number of carbonyl (C=O) groups is 1. The van der Waals surface area contributed by atoms with E-state index in [1.807, 2.05) is 19.9 Å². The number of rotatable bonds is 3. The van der Waals surface area contributed by atoms with Crippen LogP contribution < -0.4 is 11.1 Å². The first-order valence-electron chi connectivity index (χ1n) is 6.32. The predicted octanol–water partition coefficient (Wildman–Crippen LogP) is 1.73. The third kappa shape index (κ3) is 2.82. The third-order valence-corrected chi connectivity index (χ3v) is 3.54. The molecule has 0 aliphatic carbocycles. The topological polar surface area (TPSA) is 64.4 Å². The van der Waals surface area contributed by atoms with E-state index in [9.17, 15) is 4.79 Å². The van der Waals surface area contributed by atoms with E-state index < -0.39 is 0 Å². The Morgan fingerprint density at radius 3 is 3.00 bits per heavy atom. The first kappa shape index (κ1) is 12.9. The van der Waals surface area contributed by atoms with Crippen LogP contribution in [0.5, 0.6) is 0 Å². The van der Waals surface area contributed by atoms with Gasteiger partial charge in [0.25, 0.3) is 5.91 Å². The molecule has 2 rings (SSSR count). The quantitative estimate of drug-likeness (QED) is 0.801. The molecule has 3 N–H and O–H groups in total. The summed E-state index contributed by atoms with van der Waals surface area (Å²) < 4.78 is 5.34. The smallest absolute Gasteiger partial charge is 0.251 e. The van der Waals surface area contributed by atoms with Crippen LogP contribution in [0.4, 0.5) is 5.69 Å². The molecular weight excluding hydrogens is 228 g/mol. The molecule has 1 saturated heterocycles. The average Bonchev–Trinajstić information content (AvgIpc) is 2.85. The molecule has 4 heteroatoms. The molecule has 0 bridgehead atoms. The number of nitrogen functional groups attached to an aromatic ring is 1. The standard InChI is InChI=1S/C14H20N2O2/c1-9-3-4-12(15)7-13(9)14(17)16-10(2)11-5-6-18-8-11/h3-4,7,10-11H,5-6,8,15H2,1-2H3,(H,16,17). The lowest BCUT2D eigenvalue weighted by molar-refractivity contribution is 0.0921. The molecule has 0 spiro atoms. The number of hydrogen-bond acceptors (Lipinski definition) is 3. The van der Waals surface area contributed by atoms with Gasteiger partial charge >= 0.3 is 0 Å². The zero-order valence-electron chi connectivity index (χ0n) is 10.9. The second kappa shape index (κ2) is 5.40. The Balaban J connectivity index is 2.04. The van der Waals surface area contributed by atoms with Gasteiger partial charge in [0.05, 0.1) is 6.61 Å². The number of nitrogens with two attached hydrogens (primary N) is 1. The Kier molecular flexibility index (Phi) is 3.87. The van der Waals surface area contributed by atoms with Gasteiger partial charge in [-0.25, -0.2) is 0 Å². The number of benzene rings is 1. The van der Waals surface area contributed by atoms with Crippen LogP contribution in [0.2, 0.25) is 0 Å². The van der Waals surface area contributed by atoms with Crippen LogP contribution >= 0.6 is 0 Å². The summed E-state index contributed by atoms with van der Waals surface area (Å²) in [6, 6.07) is 5.53. The number of hydrogen-bond donors (Lipinski definition) is 2. The summed E-state index contributed by atoms with van der Waals surface area (Å²) in [7, 11) is 0. The first-order valence-corrected chi connectivity index (χ1v) is 6.32. The molecule has 2 atom stereocenters. The minimum atomic E-state index is -0.0563. The summed E-state index contributed by atoms with van der Waals surface area (Å²) in [6.07, 6.45) is 1.01. The number of carbonyl (C=O) groups excluding carboxylic acids is 1. The van der Waals surface area contributed by atoms with E-state index in [-0.39, 0.29) is 11.9 Å². The first-order chi connectivity index (χ1) is 8.58. The maximum absolute atomic E-state index is 12.2. The van der Waals surface area contributed by atoms with E-state index in [1.54, 1.807) is 12.1 Å². The highest BCUT2D eigenvalue weighted by molar-refractivity contribution is 5.96. The molecule has 0 radical (unpaired) electrons. The summed E-state index contributed by atoms with van der Waals surface area (Å²) in [5.41, 5.74) is 7.93.